The van der Waals surface area contributed by atoms with E-state index in [2.05, 4.69) is 16.0 Å². The van der Waals surface area contributed by atoms with Crippen LogP contribution in [0, 0.1) is 0 Å². The normalized spacial score (nSPS) is 11.5. The van der Waals surface area contributed by atoms with E-state index >= 15 is 0 Å². The molecule has 0 unspecified atom stereocenters. The highest BCUT2D eigenvalue weighted by atomic mass is 35.5. The number of benzene rings is 4. The lowest BCUT2D eigenvalue weighted by Crippen LogP contribution is -2.41. The molecular formula is C31H28ClF3N4O5. The summed E-state index contributed by atoms with van der Waals surface area (Å²) in [7, 11) is 0. The van der Waals surface area contributed by atoms with Crippen molar-refractivity contribution >= 4 is 53.0 Å². The maximum Gasteiger partial charge on any atom is 0.416 e. The van der Waals surface area contributed by atoms with Gasteiger partial charge in [0.05, 0.1) is 45.5 Å². The number of nitrogens with two attached hydrogens (primary N) is 1. The quantitative estimate of drug-likeness (QED) is 0.115. The second kappa shape index (κ2) is 14.4. The molecule has 44 heavy (non-hydrogen) atoms. The van der Waals surface area contributed by atoms with Gasteiger partial charge in [-0.15, -0.1) is 12.4 Å². The molecule has 0 spiro atoms. The van der Waals surface area contributed by atoms with Crippen molar-refractivity contribution in [1.82, 2.24) is 5.32 Å². The number of anilines is 4. The summed E-state index contributed by atoms with van der Waals surface area (Å²) >= 11 is 0. The molecule has 4 aromatic carbocycles. The van der Waals surface area contributed by atoms with E-state index in [0.29, 0.717) is 12.0 Å². The zero-order chi connectivity index (χ0) is 31.1. The number of nitrogens with one attached hydrogen (secondary N) is 3. The highest BCUT2D eigenvalue weighted by Crippen LogP contribution is 2.37. The Labute approximate surface area is 256 Å². The van der Waals surface area contributed by atoms with Crippen LogP contribution in [0.25, 0.3) is 0 Å². The fourth-order valence-electron chi connectivity index (χ4n) is 4.27. The smallest absolute Gasteiger partial charge is 0.416 e. The van der Waals surface area contributed by atoms with Gasteiger partial charge in [-0.3, -0.25) is 4.79 Å². The van der Waals surface area contributed by atoms with Gasteiger partial charge in [-0.1, -0.05) is 48.5 Å². The molecule has 0 saturated heterocycles. The molecule has 0 fully saturated rings. The second-order valence-corrected chi connectivity index (χ2v) is 9.56. The summed E-state index contributed by atoms with van der Waals surface area (Å²) in [4.78, 5) is 36.3. The molecule has 0 aliphatic carbocycles. The van der Waals surface area contributed by atoms with Crippen molar-refractivity contribution in [2.24, 2.45) is 5.73 Å². The number of hydrogen-bond donors (Lipinski definition) is 6. The third-order valence-corrected chi connectivity index (χ3v) is 6.46. The summed E-state index contributed by atoms with van der Waals surface area (Å²) in [6.45, 7) is -0.0375. The monoisotopic (exact) mass is 628 g/mol. The van der Waals surface area contributed by atoms with E-state index in [9.17, 15) is 37.8 Å². The molecule has 0 aliphatic rings. The molecule has 7 N–H and O–H groups in total. The maximum absolute atomic E-state index is 13.6. The van der Waals surface area contributed by atoms with Crippen LogP contribution in [0.4, 0.5) is 35.9 Å². The summed E-state index contributed by atoms with van der Waals surface area (Å²) < 4.78 is 40.7. The lowest BCUT2D eigenvalue weighted by Gasteiger charge is -2.19. The van der Waals surface area contributed by atoms with Crippen molar-refractivity contribution in [2.75, 3.05) is 10.6 Å². The van der Waals surface area contributed by atoms with Crippen molar-refractivity contribution in [2.45, 2.75) is 25.2 Å². The van der Waals surface area contributed by atoms with Crippen molar-refractivity contribution in [3.05, 3.63) is 119 Å². The molecule has 1 atom stereocenters. The zero-order valence-electron chi connectivity index (χ0n) is 22.9. The number of carboxylic acids is 2. The van der Waals surface area contributed by atoms with E-state index in [4.69, 9.17) is 5.73 Å². The van der Waals surface area contributed by atoms with Gasteiger partial charge in [0.2, 0.25) is 5.91 Å². The fourth-order valence-corrected chi connectivity index (χ4v) is 4.27. The molecule has 0 aliphatic heterocycles. The molecule has 0 radical (unpaired) electrons. The van der Waals surface area contributed by atoms with Gasteiger partial charge >= 0.3 is 18.1 Å². The molecular weight excluding hydrogens is 601 g/mol. The van der Waals surface area contributed by atoms with Crippen molar-refractivity contribution in [3.8, 4) is 0 Å². The molecule has 13 heteroatoms. The number of aromatic carboxylic acids is 2. The SMILES string of the molecule is Cl.N[C@@H](Cc1ccccc1)C(=O)NCc1ccc(Nc2cc(C(F)(F)F)ccc2Nc2ccccc2C(=O)O)c(C(=O)O)c1. The number of hydrogen-bond acceptors (Lipinski definition) is 6. The molecule has 230 valence electrons. The molecule has 0 aromatic heterocycles. The first kappa shape index (κ1) is 33.4. The maximum atomic E-state index is 13.6. The first-order valence-corrected chi connectivity index (χ1v) is 12.9. The Hall–Kier alpha value is -5.07. The van der Waals surface area contributed by atoms with Gasteiger partial charge in [0.25, 0.3) is 0 Å². The van der Waals surface area contributed by atoms with E-state index in [1.807, 2.05) is 30.3 Å². The van der Waals surface area contributed by atoms with Crippen LogP contribution in [0.5, 0.6) is 0 Å². The Kier molecular flexibility index (Phi) is 10.9. The highest BCUT2D eigenvalue weighted by molar-refractivity contribution is 5.98. The summed E-state index contributed by atoms with van der Waals surface area (Å²) in [6, 6.07) is 21.1. The average molecular weight is 629 g/mol. The van der Waals surface area contributed by atoms with E-state index in [1.54, 1.807) is 6.07 Å². The molecule has 4 aromatic rings. The molecule has 0 bridgehead atoms. The lowest BCUT2D eigenvalue weighted by molar-refractivity contribution is -0.137. The third kappa shape index (κ3) is 8.49. The molecule has 0 saturated carbocycles. The second-order valence-electron chi connectivity index (χ2n) is 9.56. The minimum absolute atomic E-state index is 0. The van der Waals surface area contributed by atoms with Crippen LogP contribution in [0.15, 0.2) is 91.0 Å². The number of halogens is 4. The van der Waals surface area contributed by atoms with E-state index in [-0.39, 0.29) is 52.8 Å². The largest absolute Gasteiger partial charge is 0.478 e. The predicted octanol–water partition coefficient (Wildman–Crippen LogP) is 6.20. The molecule has 4 rings (SSSR count). The Morgan fingerprint density at radius 2 is 1.30 bits per heavy atom. The zero-order valence-corrected chi connectivity index (χ0v) is 23.7. The van der Waals surface area contributed by atoms with Crippen LogP contribution in [0.1, 0.15) is 37.4 Å². The van der Waals surface area contributed by atoms with Crippen LogP contribution < -0.4 is 21.7 Å². The number of carboxylic acid groups (broad SMARTS) is 2. The highest BCUT2D eigenvalue weighted by Gasteiger charge is 2.31. The number of carbonyl (C=O) groups is 3. The van der Waals surface area contributed by atoms with Crippen LogP contribution >= 0.6 is 12.4 Å². The fraction of sp³-hybridized carbons (Fsp3) is 0.129. The van der Waals surface area contributed by atoms with Crippen LogP contribution in [0.2, 0.25) is 0 Å². The Morgan fingerprint density at radius 1 is 0.705 bits per heavy atom. The lowest BCUT2D eigenvalue weighted by atomic mass is 10.1. The van der Waals surface area contributed by atoms with Crippen molar-refractivity contribution in [1.29, 1.82) is 0 Å². The third-order valence-electron chi connectivity index (χ3n) is 6.46. The summed E-state index contributed by atoms with van der Waals surface area (Å²) in [5.41, 5.74) is 5.92. The number of carbonyl (C=O) groups excluding carboxylic acids is 1. The number of amides is 1. The standard InChI is InChI=1S/C31H27F3N4O5.ClH/c32-31(33,34)20-11-13-26(37-24-9-5-4-8-21(24)29(40)41)27(16-20)38-25-12-10-19(14-22(25)30(42)43)17-36-28(39)23(35)15-18-6-2-1-3-7-18;/h1-14,16,23,37-38H,15,17,35H2,(H,36,39)(H,40,41)(H,42,43);1H/t23-;/m0./s1. The van der Waals surface area contributed by atoms with Crippen LogP contribution in [-0.4, -0.2) is 34.1 Å². The minimum Gasteiger partial charge on any atom is -0.478 e. The van der Waals surface area contributed by atoms with Gasteiger partial charge in [0.1, 0.15) is 0 Å². The van der Waals surface area contributed by atoms with E-state index < -0.39 is 35.6 Å². The van der Waals surface area contributed by atoms with Gasteiger partial charge in [-0.05, 0) is 60.0 Å². The summed E-state index contributed by atoms with van der Waals surface area (Å²) in [5.74, 6) is -3.06. The Balaban J connectivity index is 0.00000529. The van der Waals surface area contributed by atoms with Crippen molar-refractivity contribution in [3.63, 3.8) is 0 Å². The van der Waals surface area contributed by atoms with Crippen LogP contribution in [0.3, 0.4) is 0 Å². The molecule has 1 amide bonds. The average Bonchev–Trinajstić information content (AvgIpc) is 2.97. The number of para-hydroxylation sites is 1. The summed E-state index contributed by atoms with van der Waals surface area (Å²) in [6.07, 6.45) is -4.40. The summed E-state index contributed by atoms with van der Waals surface area (Å²) in [5, 5.41) is 27.6. The number of rotatable bonds is 11. The van der Waals surface area contributed by atoms with E-state index in [1.165, 1.54) is 36.4 Å². The number of alkyl halides is 3. The topological polar surface area (TPSA) is 154 Å². The van der Waals surface area contributed by atoms with Gasteiger partial charge in [0.15, 0.2) is 0 Å². The first-order valence-electron chi connectivity index (χ1n) is 12.9. The Bertz CT molecular complexity index is 1650. The van der Waals surface area contributed by atoms with Gasteiger partial charge in [0, 0.05) is 6.54 Å². The van der Waals surface area contributed by atoms with Crippen LogP contribution in [-0.2, 0) is 23.9 Å². The van der Waals surface area contributed by atoms with Crippen molar-refractivity contribution < 1.29 is 37.8 Å². The molecule has 0 heterocycles. The van der Waals surface area contributed by atoms with Gasteiger partial charge in [-0.2, -0.15) is 13.2 Å². The first-order chi connectivity index (χ1) is 20.4. The molecule has 9 nitrogen and oxygen atoms in total. The Morgan fingerprint density at radius 3 is 1.95 bits per heavy atom. The van der Waals surface area contributed by atoms with Gasteiger partial charge < -0.3 is 31.9 Å². The van der Waals surface area contributed by atoms with Gasteiger partial charge in [-0.25, -0.2) is 9.59 Å². The predicted molar refractivity (Wildman–Crippen MR) is 162 cm³/mol. The minimum atomic E-state index is -4.70. The van der Waals surface area contributed by atoms with E-state index in [0.717, 1.165) is 23.8 Å².